The Balaban J connectivity index is -0.000000187. The van der Waals surface area contributed by atoms with Gasteiger partial charge in [0.05, 0.1) is 6.61 Å². The molecular formula is C8H11KO6. The first-order valence-electron chi connectivity index (χ1n) is 3.72. The largest absolute Gasteiger partial charge is 1.00 e. The summed E-state index contributed by atoms with van der Waals surface area (Å²) in [4.78, 5) is 39.0. The van der Waals surface area contributed by atoms with Gasteiger partial charge >= 0.3 is 57.4 Å². The number of ether oxygens (including phenoxy) is 1. The van der Waals surface area contributed by atoms with Crippen LogP contribution >= 0.6 is 0 Å². The third-order valence-corrected chi connectivity index (χ3v) is 0.850. The van der Waals surface area contributed by atoms with Crippen molar-refractivity contribution in [2.24, 2.45) is 0 Å². The number of carbonyl (C=O) groups excluding carboxylic acids is 4. The second-order valence-electron chi connectivity index (χ2n) is 2.12. The van der Waals surface area contributed by atoms with Crippen molar-refractivity contribution in [1.29, 1.82) is 0 Å². The predicted molar refractivity (Wildman–Crippen MR) is 43.0 cm³/mol. The predicted octanol–water partition coefficient (Wildman–Crippen LogP) is -4.53. The molecule has 0 radical (unpaired) electrons. The van der Waals surface area contributed by atoms with E-state index < -0.39 is 23.5 Å². The molecule has 0 aliphatic carbocycles. The molecule has 6 nitrogen and oxygen atoms in total. The third-order valence-electron chi connectivity index (χ3n) is 0.850. The van der Waals surface area contributed by atoms with E-state index >= 15 is 0 Å². The zero-order valence-electron chi connectivity index (χ0n) is 9.16. The molecule has 0 bridgehead atoms. The average molecular weight is 242 g/mol. The topological polar surface area (TPSA) is 101 Å². The van der Waals surface area contributed by atoms with Crippen LogP contribution in [0.25, 0.3) is 0 Å². The summed E-state index contributed by atoms with van der Waals surface area (Å²) in [6.07, 6.45) is 0. The first kappa shape index (κ1) is 20.3. The number of rotatable bonds is 3. The van der Waals surface area contributed by atoms with Crippen LogP contribution in [-0.4, -0.2) is 30.1 Å². The molecule has 0 aromatic carbocycles. The van der Waals surface area contributed by atoms with Crippen LogP contribution in [0.2, 0.25) is 0 Å². The first-order valence-corrected chi connectivity index (χ1v) is 3.72. The van der Waals surface area contributed by atoms with Crippen molar-refractivity contribution >= 4 is 23.5 Å². The molecule has 15 heavy (non-hydrogen) atoms. The fourth-order valence-corrected chi connectivity index (χ4v) is 0.233. The fraction of sp³-hybridized carbons (Fsp3) is 0.500. The summed E-state index contributed by atoms with van der Waals surface area (Å²) >= 11 is 0. The van der Waals surface area contributed by atoms with Gasteiger partial charge in [-0.1, -0.05) is 0 Å². The van der Waals surface area contributed by atoms with Crippen LogP contribution in [0.3, 0.4) is 0 Å². The van der Waals surface area contributed by atoms with E-state index in [1.807, 2.05) is 0 Å². The Morgan fingerprint density at radius 2 is 1.40 bits per heavy atom. The van der Waals surface area contributed by atoms with Crippen molar-refractivity contribution in [2.75, 3.05) is 6.61 Å². The van der Waals surface area contributed by atoms with Crippen molar-refractivity contribution < 1.29 is 80.4 Å². The van der Waals surface area contributed by atoms with Crippen molar-refractivity contribution in [3.63, 3.8) is 0 Å². The number of carbonyl (C=O) groups is 4. The van der Waals surface area contributed by atoms with Crippen molar-refractivity contribution in [3.05, 3.63) is 0 Å². The molecule has 7 heteroatoms. The maximum Gasteiger partial charge on any atom is 1.00 e. The van der Waals surface area contributed by atoms with Crippen LogP contribution in [0.15, 0.2) is 0 Å². The molecule has 80 valence electrons. The second-order valence-corrected chi connectivity index (χ2v) is 2.12. The maximum absolute atomic E-state index is 10.2. The molecule has 0 unspecified atom stereocenters. The van der Waals surface area contributed by atoms with Crippen LogP contribution < -0.4 is 56.5 Å². The van der Waals surface area contributed by atoms with E-state index in [4.69, 9.17) is 0 Å². The summed E-state index contributed by atoms with van der Waals surface area (Å²) < 4.78 is 4.31. The van der Waals surface area contributed by atoms with Crippen LogP contribution in [0, 0.1) is 0 Å². The van der Waals surface area contributed by atoms with Gasteiger partial charge in [0.15, 0.2) is 5.78 Å². The number of aliphatic carboxylic acids is 1. The summed E-state index contributed by atoms with van der Waals surface area (Å²) in [5, 5.41) is 9.24. The van der Waals surface area contributed by atoms with Crippen molar-refractivity contribution in [1.82, 2.24) is 0 Å². The molecule has 0 aromatic rings. The minimum absolute atomic E-state index is 0. The molecule has 0 N–H and O–H groups in total. The number of esters is 1. The van der Waals surface area contributed by atoms with E-state index in [1.54, 1.807) is 6.92 Å². The summed E-state index contributed by atoms with van der Waals surface area (Å²) in [6.45, 7) is 4.03. The fourth-order valence-electron chi connectivity index (χ4n) is 0.233. The Morgan fingerprint density at radius 3 is 1.47 bits per heavy atom. The smallest absolute Gasteiger partial charge is 0.542 e. The first-order chi connectivity index (χ1) is 6.32. The van der Waals surface area contributed by atoms with Gasteiger partial charge in [-0.3, -0.25) is 9.59 Å². The van der Waals surface area contributed by atoms with Gasteiger partial charge in [-0.25, -0.2) is 4.79 Å². The molecule has 0 rings (SSSR count). The number of carboxylic acids is 1. The van der Waals surface area contributed by atoms with E-state index in [2.05, 4.69) is 4.74 Å². The number of Topliss-reactive ketones (excluding diaryl/α,β-unsaturated/α-hetero) is 2. The van der Waals surface area contributed by atoms with Crippen molar-refractivity contribution in [3.8, 4) is 0 Å². The number of carboxylic acid groups (broad SMARTS) is 1. The Morgan fingerprint density at radius 1 is 1.07 bits per heavy atom. The quantitative estimate of drug-likeness (QED) is 0.281. The normalized spacial score (nSPS) is 7.40. The molecule has 0 aliphatic heterocycles. The maximum atomic E-state index is 10.2. The molecular weight excluding hydrogens is 231 g/mol. The molecule has 0 amide bonds. The number of hydrogen-bond donors (Lipinski definition) is 0. The molecule has 0 aromatic heterocycles. The van der Waals surface area contributed by atoms with E-state index in [-0.39, 0.29) is 58.0 Å². The zero-order chi connectivity index (χ0) is 11.7. The molecule has 0 atom stereocenters. The molecule has 0 spiro atoms. The van der Waals surface area contributed by atoms with Gasteiger partial charge in [-0.2, -0.15) is 0 Å². The Hall–Kier alpha value is -0.0836. The molecule has 0 saturated heterocycles. The van der Waals surface area contributed by atoms with Gasteiger partial charge in [0.25, 0.3) is 0 Å². The Bertz CT molecular complexity index is 236. The van der Waals surface area contributed by atoms with E-state index in [0.29, 0.717) is 0 Å². The van der Waals surface area contributed by atoms with Gasteiger partial charge in [0.2, 0.25) is 5.78 Å². The minimum atomic E-state index is -1.63. The van der Waals surface area contributed by atoms with Crippen LogP contribution in [-0.2, 0) is 23.9 Å². The van der Waals surface area contributed by atoms with Gasteiger partial charge < -0.3 is 14.6 Å². The van der Waals surface area contributed by atoms with Crippen LogP contribution in [0.5, 0.6) is 0 Å². The Kier molecular flexibility index (Phi) is 16.3. The zero-order valence-corrected chi connectivity index (χ0v) is 12.3. The van der Waals surface area contributed by atoms with E-state index in [1.165, 1.54) is 6.92 Å². The Labute approximate surface area is 130 Å². The second kappa shape index (κ2) is 12.0. The summed E-state index contributed by atoms with van der Waals surface area (Å²) in [7, 11) is 0. The molecule has 0 aliphatic rings. The van der Waals surface area contributed by atoms with Gasteiger partial charge in [0.1, 0.15) is 5.97 Å². The SMILES string of the molecule is CC(=O)C(=O)[O-].CCOC(=O)C(C)=O.[K+]. The number of hydrogen-bond acceptors (Lipinski definition) is 6. The molecule has 0 fully saturated rings. The molecule has 0 heterocycles. The van der Waals surface area contributed by atoms with Crippen LogP contribution in [0.4, 0.5) is 0 Å². The monoisotopic (exact) mass is 242 g/mol. The van der Waals surface area contributed by atoms with E-state index in [9.17, 15) is 24.3 Å². The van der Waals surface area contributed by atoms with E-state index in [0.717, 1.165) is 6.92 Å². The summed E-state index contributed by atoms with van der Waals surface area (Å²) in [6, 6.07) is 0. The van der Waals surface area contributed by atoms with Gasteiger partial charge in [-0.05, 0) is 6.92 Å². The molecule has 0 saturated carbocycles. The van der Waals surface area contributed by atoms with Crippen LogP contribution in [0.1, 0.15) is 20.8 Å². The standard InChI is InChI=1S/C5H8O3.C3H4O3.K/c1-3-8-5(7)4(2)6;1-2(4)3(5)6;/h3H2,1-2H3;1H3,(H,5,6);/q;;+1/p-1. The average Bonchev–Trinajstić information content (AvgIpc) is 2.05. The summed E-state index contributed by atoms with van der Waals surface area (Å²) in [5.74, 6) is -3.87. The van der Waals surface area contributed by atoms with Gasteiger partial charge in [0, 0.05) is 13.8 Å². The van der Waals surface area contributed by atoms with Gasteiger partial charge in [-0.15, -0.1) is 0 Å². The minimum Gasteiger partial charge on any atom is -0.542 e. The number of ketones is 2. The summed E-state index contributed by atoms with van der Waals surface area (Å²) in [5.41, 5.74) is 0. The van der Waals surface area contributed by atoms with Crippen molar-refractivity contribution in [2.45, 2.75) is 20.8 Å². The third kappa shape index (κ3) is 16.6.